The van der Waals surface area contributed by atoms with Gasteiger partial charge in [0.05, 0.1) is 6.42 Å². The third kappa shape index (κ3) is 2.01. The topological polar surface area (TPSA) is 29.5 Å². The first-order valence-electron chi connectivity index (χ1n) is 3.13. The van der Waals surface area contributed by atoms with Crippen molar-refractivity contribution in [2.45, 2.75) is 6.42 Å². The highest BCUT2D eigenvalue weighted by Crippen LogP contribution is 1.96. The van der Waals surface area contributed by atoms with E-state index in [2.05, 4.69) is 4.90 Å². The largest absolute Gasteiger partial charge is 0.464 e. The van der Waals surface area contributed by atoms with E-state index in [1.165, 1.54) is 0 Å². The van der Waals surface area contributed by atoms with Gasteiger partial charge in [0.15, 0.2) is 0 Å². The van der Waals surface area contributed by atoms with Gasteiger partial charge in [-0.2, -0.15) is 0 Å². The van der Waals surface area contributed by atoms with Gasteiger partial charge in [0, 0.05) is 13.1 Å². The van der Waals surface area contributed by atoms with Gasteiger partial charge in [0.2, 0.25) is 0 Å². The van der Waals surface area contributed by atoms with Crippen molar-refractivity contribution in [3.8, 4) is 0 Å². The molecular weight excluding hydrogens is 118 g/mol. The van der Waals surface area contributed by atoms with Gasteiger partial charge in [-0.3, -0.25) is 4.79 Å². The van der Waals surface area contributed by atoms with E-state index in [4.69, 9.17) is 4.74 Å². The number of carbonyl (C=O) groups excluding carboxylic acids is 1. The first kappa shape index (κ1) is 6.55. The fourth-order valence-electron chi connectivity index (χ4n) is 0.781. The summed E-state index contributed by atoms with van der Waals surface area (Å²) in [7, 11) is 1.99. The molecule has 3 heteroatoms. The second kappa shape index (κ2) is 2.82. The van der Waals surface area contributed by atoms with Crippen LogP contribution >= 0.6 is 0 Å². The lowest BCUT2D eigenvalue weighted by Gasteiger charge is -2.08. The van der Waals surface area contributed by atoms with Gasteiger partial charge >= 0.3 is 5.97 Å². The number of ether oxygens (including phenoxy) is 1. The highest BCUT2D eigenvalue weighted by Gasteiger charge is 2.09. The van der Waals surface area contributed by atoms with Gasteiger partial charge < -0.3 is 9.64 Å². The maximum absolute atomic E-state index is 10.6. The smallest absolute Gasteiger partial charge is 0.307 e. The summed E-state index contributed by atoms with van der Waals surface area (Å²) in [6.07, 6.45) is 0.538. The van der Waals surface area contributed by atoms with Gasteiger partial charge in [0.1, 0.15) is 6.61 Å². The standard InChI is InChI=1S/C6H11NO2/c1-7-3-2-6(8)9-5-4-7/h2-5H2,1H3. The van der Waals surface area contributed by atoms with Crippen LogP contribution in [0.15, 0.2) is 0 Å². The summed E-state index contributed by atoms with van der Waals surface area (Å²) in [5, 5.41) is 0. The maximum atomic E-state index is 10.6. The maximum Gasteiger partial charge on any atom is 0.307 e. The Morgan fingerprint density at radius 2 is 2.33 bits per heavy atom. The average Bonchev–Trinajstić information content (AvgIpc) is 1.97. The van der Waals surface area contributed by atoms with Crippen LogP contribution in [0, 0.1) is 0 Å². The summed E-state index contributed by atoms with van der Waals surface area (Å²) in [4.78, 5) is 12.7. The fraction of sp³-hybridized carbons (Fsp3) is 0.833. The van der Waals surface area contributed by atoms with E-state index in [-0.39, 0.29) is 5.97 Å². The number of nitrogens with zero attached hydrogens (tertiary/aromatic N) is 1. The van der Waals surface area contributed by atoms with E-state index in [9.17, 15) is 4.79 Å². The summed E-state index contributed by atoms with van der Waals surface area (Å²) in [6.45, 7) is 2.25. The van der Waals surface area contributed by atoms with Crippen molar-refractivity contribution in [2.24, 2.45) is 0 Å². The molecule has 0 aromatic heterocycles. The van der Waals surface area contributed by atoms with Gasteiger partial charge in [-0.1, -0.05) is 0 Å². The Labute approximate surface area is 54.6 Å². The second-order valence-electron chi connectivity index (χ2n) is 2.27. The molecule has 0 N–H and O–H groups in total. The summed E-state index contributed by atoms with van der Waals surface area (Å²) < 4.78 is 4.79. The number of cyclic esters (lactones) is 1. The monoisotopic (exact) mass is 129 g/mol. The number of esters is 1. The molecule has 0 bridgehead atoms. The molecule has 9 heavy (non-hydrogen) atoms. The van der Waals surface area contributed by atoms with Crippen LogP contribution in [0.25, 0.3) is 0 Å². The normalized spacial score (nSPS) is 23.0. The van der Waals surface area contributed by atoms with Crippen LogP contribution < -0.4 is 0 Å². The first-order chi connectivity index (χ1) is 4.29. The zero-order chi connectivity index (χ0) is 6.69. The minimum absolute atomic E-state index is 0.0700. The molecule has 0 atom stereocenters. The molecule has 52 valence electrons. The molecule has 1 fully saturated rings. The fourth-order valence-corrected chi connectivity index (χ4v) is 0.781. The highest BCUT2D eigenvalue weighted by atomic mass is 16.5. The van der Waals surface area contributed by atoms with Crippen molar-refractivity contribution in [3.05, 3.63) is 0 Å². The Morgan fingerprint density at radius 1 is 1.56 bits per heavy atom. The molecule has 0 radical (unpaired) electrons. The molecule has 1 aliphatic heterocycles. The zero-order valence-electron chi connectivity index (χ0n) is 5.59. The molecule has 1 rings (SSSR count). The van der Waals surface area contributed by atoms with E-state index in [0.717, 1.165) is 13.1 Å². The van der Waals surface area contributed by atoms with Crippen LogP contribution in [-0.2, 0) is 9.53 Å². The molecule has 1 saturated heterocycles. The number of carbonyl (C=O) groups is 1. The third-order valence-electron chi connectivity index (χ3n) is 1.43. The lowest BCUT2D eigenvalue weighted by molar-refractivity contribution is -0.142. The summed E-state index contributed by atoms with van der Waals surface area (Å²) in [5.74, 6) is -0.0700. The molecule has 0 spiro atoms. The van der Waals surface area contributed by atoms with E-state index in [0.29, 0.717) is 13.0 Å². The lowest BCUT2D eigenvalue weighted by atomic mass is 10.4. The van der Waals surface area contributed by atoms with E-state index >= 15 is 0 Å². The van der Waals surface area contributed by atoms with Crippen LogP contribution in [0.1, 0.15) is 6.42 Å². The van der Waals surface area contributed by atoms with E-state index in [1.54, 1.807) is 0 Å². The van der Waals surface area contributed by atoms with Gasteiger partial charge in [0.25, 0.3) is 0 Å². The second-order valence-corrected chi connectivity index (χ2v) is 2.27. The zero-order valence-corrected chi connectivity index (χ0v) is 5.59. The van der Waals surface area contributed by atoms with Crippen molar-refractivity contribution in [2.75, 3.05) is 26.7 Å². The highest BCUT2D eigenvalue weighted by molar-refractivity contribution is 5.69. The van der Waals surface area contributed by atoms with Crippen LogP contribution in [-0.4, -0.2) is 37.6 Å². The van der Waals surface area contributed by atoms with Gasteiger partial charge in [-0.15, -0.1) is 0 Å². The molecule has 0 aliphatic carbocycles. The van der Waals surface area contributed by atoms with Gasteiger partial charge in [-0.05, 0) is 7.05 Å². The Balaban J connectivity index is 2.34. The predicted octanol–water partition coefficient (Wildman–Crippen LogP) is -0.135. The quantitative estimate of drug-likeness (QED) is 0.426. The Bertz CT molecular complexity index is 114. The van der Waals surface area contributed by atoms with Crippen molar-refractivity contribution >= 4 is 5.97 Å². The Kier molecular flexibility index (Phi) is 2.05. The first-order valence-corrected chi connectivity index (χ1v) is 3.13. The lowest BCUT2D eigenvalue weighted by Crippen LogP contribution is -2.20. The minimum Gasteiger partial charge on any atom is -0.464 e. The van der Waals surface area contributed by atoms with Gasteiger partial charge in [-0.25, -0.2) is 0 Å². The summed E-state index contributed by atoms with van der Waals surface area (Å²) >= 11 is 0. The molecule has 3 nitrogen and oxygen atoms in total. The molecule has 0 aromatic rings. The van der Waals surface area contributed by atoms with Crippen LogP contribution in [0.5, 0.6) is 0 Å². The van der Waals surface area contributed by atoms with E-state index < -0.39 is 0 Å². The molecule has 1 aliphatic rings. The van der Waals surface area contributed by atoms with Crippen LogP contribution in [0.4, 0.5) is 0 Å². The molecule has 0 amide bonds. The van der Waals surface area contributed by atoms with Crippen molar-refractivity contribution in [1.82, 2.24) is 4.90 Å². The SMILES string of the molecule is CN1CCOC(=O)CC1. The number of hydrogen-bond donors (Lipinski definition) is 0. The molecular formula is C6H11NO2. The van der Waals surface area contributed by atoms with Crippen molar-refractivity contribution < 1.29 is 9.53 Å². The average molecular weight is 129 g/mol. The van der Waals surface area contributed by atoms with Crippen molar-refractivity contribution in [1.29, 1.82) is 0 Å². The molecule has 0 aromatic carbocycles. The molecule has 1 heterocycles. The van der Waals surface area contributed by atoms with Crippen LogP contribution in [0.3, 0.4) is 0 Å². The molecule has 0 saturated carbocycles. The predicted molar refractivity (Wildman–Crippen MR) is 33.1 cm³/mol. The number of hydrogen-bond acceptors (Lipinski definition) is 3. The van der Waals surface area contributed by atoms with Crippen molar-refractivity contribution in [3.63, 3.8) is 0 Å². The Hall–Kier alpha value is -0.570. The van der Waals surface area contributed by atoms with E-state index in [1.807, 2.05) is 7.05 Å². The third-order valence-corrected chi connectivity index (χ3v) is 1.43. The minimum atomic E-state index is -0.0700. The Morgan fingerprint density at radius 3 is 3.11 bits per heavy atom. The number of likely N-dealkylation sites (N-methyl/N-ethyl adjacent to an activating group) is 1. The summed E-state index contributed by atoms with van der Waals surface area (Å²) in [6, 6.07) is 0. The molecule has 0 unspecified atom stereocenters. The van der Waals surface area contributed by atoms with Crippen LogP contribution in [0.2, 0.25) is 0 Å². The number of rotatable bonds is 0. The summed E-state index contributed by atoms with van der Waals surface area (Å²) in [5.41, 5.74) is 0.